The van der Waals surface area contributed by atoms with Crippen LogP contribution in [-0.4, -0.2) is 74.0 Å². The predicted octanol–water partition coefficient (Wildman–Crippen LogP) is 2.67. The lowest BCUT2D eigenvalue weighted by atomic mass is 9.96. The largest absolute Gasteiger partial charge is 0.507 e. The molecule has 11 heteroatoms. The number of alkyl halides is 1. The van der Waals surface area contributed by atoms with Gasteiger partial charge in [-0.25, -0.2) is 9.37 Å². The van der Waals surface area contributed by atoms with E-state index in [1.807, 2.05) is 0 Å². The van der Waals surface area contributed by atoms with Gasteiger partial charge < -0.3 is 24.8 Å². The number of piperidine rings is 1. The summed E-state index contributed by atoms with van der Waals surface area (Å²) in [6.45, 7) is 0.890. The molecule has 5 heterocycles. The van der Waals surface area contributed by atoms with Gasteiger partial charge in [0.25, 0.3) is 5.88 Å². The quantitative estimate of drug-likeness (QED) is 0.551. The third-order valence-corrected chi connectivity index (χ3v) is 7.51. The van der Waals surface area contributed by atoms with E-state index < -0.39 is 6.17 Å². The monoisotopic (exact) mass is 491 g/mol. The Morgan fingerprint density at radius 3 is 2.69 bits per heavy atom. The number of hydrogen-bond acceptors (Lipinski definition) is 10. The van der Waals surface area contributed by atoms with Gasteiger partial charge in [-0.15, -0.1) is 20.4 Å². The number of benzene rings is 1. The number of rotatable bonds is 5. The number of aromatic hydroxyl groups is 1. The molecule has 1 saturated carbocycles. The maximum atomic E-state index is 15.3. The highest BCUT2D eigenvalue weighted by molar-refractivity contribution is 5.72. The molecule has 2 bridgehead atoms. The van der Waals surface area contributed by atoms with Crippen molar-refractivity contribution in [2.75, 3.05) is 18.1 Å². The van der Waals surface area contributed by atoms with Gasteiger partial charge in [-0.2, -0.15) is 0 Å². The molecule has 0 radical (unpaired) electrons. The summed E-state index contributed by atoms with van der Waals surface area (Å²) in [7, 11) is 0. The van der Waals surface area contributed by atoms with Crippen molar-refractivity contribution in [3.63, 3.8) is 0 Å². The van der Waals surface area contributed by atoms with E-state index in [-0.39, 0.29) is 23.9 Å². The number of phenolic OH excluding ortho intramolecular Hbond substituents is 1. The molecule has 0 amide bonds. The van der Waals surface area contributed by atoms with Crippen LogP contribution in [0.1, 0.15) is 32.1 Å². The molecule has 3 aliphatic heterocycles. The Kier molecular flexibility index (Phi) is 5.12. The van der Waals surface area contributed by atoms with E-state index >= 15 is 4.39 Å². The average molecular weight is 492 g/mol. The predicted molar refractivity (Wildman–Crippen MR) is 128 cm³/mol. The molecule has 4 aliphatic rings. The van der Waals surface area contributed by atoms with Crippen molar-refractivity contribution in [2.45, 2.75) is 62.4 Å². The Morgan fingerprint density at radius 1 is 1.00 bits per heavy atom. The number of aromatic nitrogens is 5. The topological polar surface area (TPSA) is 118 Å². The van der Waals surface area contributed by atoms with Crippen molar-refractivity contribution in [1.82, 2.24) is 30.7 Å². The summed E-state index contributed by atoms with van der Waals surface area (Å²) in [5.74, 6) is 1.78. The average Bonchev–Trinajstić information content (AvgIpc) is 3.66. The van der Waals surface area contributed by atoms with Crippen LogP contribution in [0.5, 0.6) is 17.4 Å². The molecule has 2 N–H and O–H groups in total. The van der Waals surface area contributed by atoms with Gasteiger partial charge in [0.15, 0.2) is 17.4 Å². The highest BCUT2D eigenvalue weighted by atomic mass is 19.1. The summed E-state index contributed by atoms with van der Waals surface area (Å²) in [5.41, 5.74) is 1.66. The van der Waals surface area contributed by atoms with E-state index in [0.29, 0.717) is 59.3 Å². The van der Waals surface area contributed by atoms with Gasteiger partial charge in [-0.05, 0) is 44.2 Å². The van der Waals surface area contributed by atoms with Crippen molar-refractivity contribution in [1.29, 1.82) is 0 Å². The first kappa shape index (κ1) is 21.7. The fraction of sp³-hybridized carbons (Fsp3) is 0.480. The maximum absolute atomic E-state index is 15.3. The number of fused-ring (bicyclic) bond motifs is 3. The van der Waals surface area contributed by atoms with E-state index in [2.05, 4.69) is 35.6 Å². The van der Waals surface area contributed by atoms with Gasteiger partial charge in [-0.1, -0.05) is 6.07 Å². The Hall–Kier alpha value is -3.60. The minimum atomic E-state index is -0.939. The third kappa shape index (κ3) is 3.78. The van der Waals surface area contributed by atoms with Crippen molar-refractivity contribution in [3.05, 3.63) is 30.5 Å². The van der Waals surface area contributed by atoms with Gasteiger partial charge in [0, 0.05) is 29.8 Å². The normalized spacial score (nSPS) is 26.6. The number of hydrogen-bond donors (Lipinski definition) is 2. The van der Waals surface area contributed by atoms with E-state index in [9.17, 15) is 5.11 Å². The zero-order valence-electron chi connectivity index (χ0n) is 19.5. The fourth-order valence-corrected chi connectivity index (χ4v) is 5.61. The lowest BCUT2D eigenvalue weighted by Gasteiger charge is -2.40. The number of phenols is 1. The second-order valence-electron chi connectivity index (χ2n) is 9.90. The number of nitrogens with zero attached hydrogens (tertiary/aromatic N) is 6. The molecule has 0 unspecified atom stereocenters. The summed E-state index contributed by atoms with van der Waals surface area (Å²) < 4.78 is 26.3. The molecule has 10 nitrogen and oxygen atoms in total. The molecule has 4 atom stereocenters. The Balaban J connectivity index is 1.14. The maximum Gasteiger partial charge on any atom is 0.276 e. The molecule has 7 rings (SSSR count). The van der Waals surface area contributed by atoms with Gasteiger partial charge in [0.05, 0.1) is 23.5 Å². The fourth-order valence-electron chi connectivity index (χ4n) is 5.61. The highest BCUT2D eigenvalue weighted by Gasteiger charge is 2.48. The van der Waals surface area contributed by atoms with Crippen molar-refractivity contribution in [2.24, 2.45) is 0 Å². The number of anilines is 1. The first-order valence-corrected chi connectivity index (χ1v) is 12.5. The minimum Gasteiger partial charge on any atom is -0.507 e. The Bertz CT molecular complexity index is 1290. The van der Waals surface area contributed by atoms with Gasteiger partial charge >= 0.3 is 0 Å². The van der Waals surface area contributed by atoms with Gasteiger partial charge in [-0.3, -0.25) is 0 Å². The molecular weight excluding hydrogens is 465 g/mol. The molecule has 3 aromatic rings. The summed E-state index contributed by atoms with van der Waals surface area (Å²) in [6, 6.07) is 7.21. The number of nitrogens with one attached hydrogen (secondary N) is 1. The number of halogens is 1. The van der Waals surface area contributed by atoms with Crippen LogP contribution in [0.15, 0.2) is 30.5 Å². The van der Waals surface area contributed by atoms with Gasteiger partial charge in [0.1, 0.15) is 25.1 Å². The SMILES string of the molecule is Oc1cc(-c2cc3c(nn2)OCCO3)ccc1-c1ncc(N(C2CC2)[C@H]2C[C@@H]3CC[C@H](N3)[C@H]2F)nn1. The lowest BCUT2D eigenvalue weighted by molar-refractivity contribution is 0.162. The van der Waals surface area contributed by atoms with Crippen LogP contribution in [0.4, 0.5) is 10.2 Å². The zero-order chi connectivity index (χ0) is 24.2. The molecule has 2 saturated heterocycles. The van der Waals surface area contributed by atoms with Crippen LogP contribution in [0.2, 0.25) is 0 Å². The summed E-state index contributed by atoms with van der Waals surface area (Å²) >= 11 is 0. The van der Waals surface area contributed by atoms with E-state index in [1.54, 1.807) is 30.5 Å². The van der Waals surface area contributed by atoms with Crippen molar-refractivity contribution in [3.8, 4) is 40.0 Å². The summed E-state index contributed by atoms with van der Waals surface area (Å²) in [4.78, 5) is 6.60. The molecule has 186 valence electrons. The minimum absolute atomic E-state index is 0.00320. The van der Waals surface area contributed by atoms with E-state index in [4.69, 9.17) is 9.47 Å². The summed E-state index contributed by atoms with van der Waals surface area (Å²) in [6.07, 6.45) is 5.44. The number of ether oxygens (including phenoxy) is 2. The highest BCUT2D eigenvalue weighted by Crippen LogP contribution is 2.40. The van der Waals surface area contributed by atoms with Crippen LogP contribution < -0.4 is 19.7 Å². The van der Waals surface area contributed by atoms with Crippen LogP contribution in [0.3, 0.4) is 0 Å². The Labute approximate surface area is 206 Å². The Morgan fingerprint density at radius 2 is 1.89 bits per heavy atom. The molecule has 0 spiro atoms. The molecule has 3 fully saturated rings. The lowest BCUT2D eigenvalue weighted by Crippen LogP contribution is -2.57. The summed E-state index contributed by atoms with van der Waals surface area (Å²) in [5, 5.41) is 31.1. The first-order valence-electron chi connectivity index (χ1n) is 12.5. The third-order valence-electron chi connectivity index (χ3n) is 7.51. The second kappa shape index (κ2) is 8.51. The van der Waals surface area contributed by atoms with Crippen LogP contribution >= 0.6 is 0 Å². The molecular formula is C25H26FN7O3. The first-order chi connectivity index (χ1) is 17.6. The van der Waals surface area contributed by atoms with Crippen LogP contribution in [-0.2, 0) is 0 Å². The van der Waals surface area contributed by atoms with E-state index in [0.717, 1.165) is 32.1 Å². The van der Waals surface area contributed by atoms with Crippen molar-refractivity contribution < 1.29 is 19.0 Å². The molecule has 2 aromatic heterocycles. The van der Waals surface area contributed by atoms with Crippen molar-refractivity contribution >= 4 is 5.82 Å². The van der Waals surface area contributed by atoms with E-state index in [1.165, 1.54) is 0 Å². The zero-order valence-corrected chi connectivity index (χ0v) is 19.5. The smallest absolute Gasteiger partial charge is 0.276 e. The standard InChI is InChI=1S/C25H26FN7O3/c26-23-17-6-2-14(28-17)10-19(23)33(15-3-4-15)22-12-27-24(31-30-22)16-5-1-13(9-20(16)34)18-11-21-25(32-29-18)36-8-7-35-21/h1,5,9,11-12,14-15,17,19,23,28,34H,2-4,6-8,10H2/t14-,17-,19-,23+/m0/s1. The molecule has 36 heavy (non-hydrogen) atoms. The molecule has 1 aromatic carbocycles. The second-order valence-corrected chi connectivity index (χ2v) is 9.90. The van der Waals surface area contributed by atoms with Crippen LogP contribution in [0, 0.1) is 0 Å². The van der Waals surface area contributed by atoms with Crippen LogP contribution in [0.25, 0.3) is 22.6 Å². The van der Waals surface area contributed by atoms with Gasteiger partial charge in [0.2, 0.25) is 0 Å². The molecule has 1 aliphatic carbocycles.